The first-order valence-corrected chi connectivity index (χ1v) is 6.99. The van der Waals surface area contributed by atoms with Crippen LogP contribution in [0.5, 0.6) is 11.5 Å². The van der Waals surface area contributed by atoms with E-state index in [-0.39, 0.29) is 12.5 Å². The molecule has 1 aliphatic heterocycles. The van der Waals surface area contributed by atoms with E-state index in [0.29, 0.717) is 17.1 Å². The Balaban J connectivity index is 1.85. The molecule has 1 aliphatic rings. The van der Waals surface area contributed by atoms with Gasteiger partial charge in [0, 0.05) is 0 Å². The number of nitrogens with one attached hydrogen (secondary N) is 1. The van der Waals surface area contributed by atoms with E-state index in [0.717, 1.165) is 16.8 Å². The zero-order valence-corrected chi connectivity index (χ0v) is 12.7. The second-order valence-electron chi connectivity index (χ2n) is 5.21. The predicted molar refractivity (Wildman–Crippen MR) is 86.4 cm³/mol. The van der Waals surface area contributed by atoms with Crippen molar-refractivity contribution in [2.24, 2.45) is 5.10 Å². The van der Waals surface area contributed by atoms with Crippen molar-refractivity contribution in [2.75, 3.05) is 12.2 Å². The molecule has 0 bridgehead atoms. The summed E-state index contributed by atoms with van der Waals surface area (Å²) < 4.78 is 10.4. The molecule has 2 aromatic carbocycles. The van der Waals surface area contributed by atoms with Crippen LogP contribution in [0.3, 0.4) is 0 Å². The summed E-state index contributed by atoms with van der Waals surface area (Å²) in [7, 11) is 0. The molecule has 1 N–H and O–H groups in total. The minimum absolute atomic E-state index is 0.0634. The van der Waals surface area contributed by atoms with Gasteiger partial charge in [-0.25, -0.2) is 0 Å². The number of nitro benzene ring substituents is 1. The third-order valence-electron chi connectivity index (χ3n) is 3.49. The monoisotopic (exact) mass is 313 g/mol. The fourth-order valence-corrected chi connectivity index (χ4v) is 2.32. The van der Waals surface area contributed by atoms with Gasteiger partial charge in [-0.1, -0.05) is 17.7 Å². The van der Waals surface area contributed by atoms with E-state index in [1.807, 2.05) is 32.0 Å². The van der Waals surface area contributed by atoms with E-state index >= 15 is 0 Å². The summed E-state index contributed by atoms with van der Waals surface area (Å²) in [5.74, 6) is 0.847. The molecular weight excluding hydrogens is 298 g/mol. The Labute approximate surface area is 132 Å². The van der Waals surface area contributed by atoms with Gasteiger partial charge in [0.05, 0.1) is 28.5 Å². The number of nitrogens with zero attached hydrogens (tertiary/aromatic N) is 2. The molecule has 0 spiro atoms. The highest BCUT2D eigenvalue weighted by Crippen LogP contribution is 2.37. The van der Waals surface area contributed by atoms with Crippen molar-refractivity contribution < 1.29 is 14.4 Å². The lowest BCUT2D eigenvalue weighted by atomic mass is 10.1. The average molecular weight is 313 g/mol. The van der Waals surface area contributed by atoms with E-state index in [4.69, 9.17) is 9.47 Å². The maximum atomic E-state index is 11.2. The van der Waals surface area contributed by atoms with Crippen LogP contribution in [0.25, 0.3) is 0 Å². The van der Waals surface area contributed by atoms with Gasteiger partial charge in [-0.15, -0.1) is 0 Å². The van der Waals surface area contributed by atoms with Crippen molar-refractivity contribution in [2.45, 2.75) is 13.8 Å². The number of ether oxygens (including phenoxy) is 2. The second-order valence-corrected chi connectivity index (χ2v) is 5.21. The van der Waals surface area contributed by atoms with Crippen molar-refractivity contribution in [1.82, 2.24) is 0 Å². The van der Waals surface area contributed by atoms with Gasteiger partial charge in [-0.05, 0) is 31.5 Å². The predicted octanol–water partition coefficient (Wildman–Crippen LogP) is 3.39. The molecule has 118 valence electrons. The molecule has 2 aromatic rings. The zero-order valence-electron chi connectivity index (χ0n) is 12.7. The number of nitro groups is 1. The van der Waals surface area contributed by atoms with Crippen molar-refractivity contribution in [3.05, 3.63) is 57.1 Å². The van der Waals surface area contributed by atoms with E-state index in [1.54, 1.807) is 6.07 Å². The maximum Gasteiger partial charge on any atom is 0.282 e. The van der Waals surface area contributed by atoms with Crippen molar-refractivity contribution in [1.29, 1.82) is 0 Å². The van der Waals surface area contributed by atoms with Crippen molar-refractivity contribution in [3.63, 3.8) is 0 Å². The molecule has 0 amide bonds. The Bertz CT molecular complexity index is 802. The number of hydrogen-bond acceptors (Lipinski definition) is 6. The van der Waals surface area contributed by atoms with Crippen molar-refractivity contribution in [3.8, 4) is 11.5 Å². The summed E-state index contributed by atoms with van der Waals surface area (Å²) in [6.07, 6.45) is 1.40. The summed E-state index contributed by atoms with van der Waals surface area (Å²) in [5.41, 5.74) is 6.20. The fourth-order valence-electron chi connectivity index (χ4n) is 2.32. The third-order valence-corrected chi connectivity index (χ3v) is 3.49. The third kappa shape index (κ3) is 3.08. The molecule has 0 aliphatic carbocycles. The molecule has 0 saturated heterocycles. The van der Waals surface area contributed by atoms with Crippen LogP contribution >= 0.6 is 0 Å². The van der Waals surface area contributed by atoms with Crippen LogP contribution in [0.2, 0.25) is 0 Å². The summed E-state index contributed by atoms with van der Waals surface area (Å²) in [6, 6.07) is 8.80. The Hall–Kier alpha value is -3.09. The minimum atomic E-state index is -0.472. The molecule has 7 nitrogen and oxygen atoms in total. The van der Waals surface area contributed by atoms with Gasteiger partial charge in [-0.2, -0.15) is 5.10 Å². The largest absolute Gasteiger partial charge is 0.454 e. The van der Waals surface area contributed by atoms with Crippen LogP contribution in [-0.4, -0.2) is 17.9 Å². The van der Waals surface area contributed by atoms with Crippen molar-refractivity contribution >= 4 is 17.6 Å². The van der Waals surface area contributed by atoms with Gasteiger partial charge < -0.3 is 9.47 Å². The Morgan fingerprint density at radius 1 is 1.22 bits per heavy atom. The smallest absolute Gasteiger partial charge is 0.282 e. The molecule has 7 heteroatoms. The van der Waals surface area contributed by atoms with E-state index < -0.39 is 4.92 Å². The molecule has 0 radical (unpaired) electrons. The number of anilines is 1. The molecule has 3 rings (SSSR count). The Morgan fingerprint density at radius 2 is 1.96 bits per heavy atom. The fraction of sp³-hybridized carbons (Fsp3) is 0.188. The maximum absolute atomic E-state index is 11.2. The van der Waals surface area contributed by atoms with Crippen LogP contribution in [0.15, 0.2) is 35.4 Å². The van der Waals surface area contributed by atoms with Gasteiger partial charge in [0.25, 0.3) is 5.69 Å². The lowest BCUT2D eigenvalue weighted by Crippen LogP contribution is -1.97. The van der Waals surface area contributed by atoms with E-state index in [1.165, 1.54) is 12.3 Å². The molecule has 0 aromatic heterocycles. The number of hydrazone groups is 1. The average Bonchev–Trinajstić information content (AvgIpc) is 2.95. The van der Waals surface area contributed by atoms with E-state index in [9.17, 15) is 10.1 Å². The quantitative estimate of drug-likeness (QED) is 0.531. The topological polar surface area (TPSA) is 86.0 Å². The van der Waals surface area contributed by atoms with Gasteiger partial charge in [-0.3, -0.25) is 15.5 Å². The highest BCUT2D eigenvalue weighted by Gasteiger charge is 2.22. The molecule has 0 unspecified atom stereocenters. The van der Waals surface area contributed by atoms with Gasteiger partial charge >= 0.3 is 0 Å². The number of rotatable bonds is 4. The van der Waals surface area contributed by atoms with Crippen LogP contribution in [0.4, 0.5) is 11.4 Å². The van der Waals surface area contributed by atoms with Crippen LogP contribution in [0.1, 0.15) is 16.7 Å². The summed E-state index contributed by atoms with van der Waals surface area (Å²) in [5, 5.41) is 15.3. The van der Waals surface area contributed by atoms with Gasteiger partial charge in [0.2, 0.25) is 6.79 Å². The van der Waals surface area contributed by atoms with Crippen LogP contribution in [0, 0.1) is 24.0 Å². The number of aryl methyl sites for hydroxylation is 2. The minimum Gasteiger partial charge on any atom is -0.454 e. The SMILES string of the molecule is Cc1ccc(N/N=C/c2cc3c(cc2[N+](=O)[O-])OCO3)c(C)c1. The number of benzene rings is 2. The van der Waals surface area contributed by atoms with Gasteiger partial charge in [0.15, 0.2) is 11.5 Å². The first kappa shape index (κ1) is 14.8. The van der Waals surface area contributed by atoms with Crippen LogP contribution < -0.4 is 14.9 Å². The number of fused-ring (bicyclic) bond motifs is 1. The molecular formula is C16H15N3O4. The first-order chi connectivity index (χ1) is 11.0. The summed E-state index contributed by atoms with van der Waals surface area (Å²) in [6.45, 7) is 4.04. The summed E-state index contributed by atoms with van der Waals surface area (Å²) >= 11 is 0. The lowest BCUT2D eigenvalue weighted by Gasteiger charge is -2.05. The molecule has 23 heavy (non-hydrogen) atoms. The Kier molecular flexibility index (Phi) is 3.84. The van der Waals surface area contributed by atoms with Crippen LogP contribution in [-0.2, 0) is 0 Å². The first-order valence-electron chi connectivity index (χ1n) is 6.99. The zero-order chi connectivity index (χ0) is 16.4. The lowest BCUT2D eigenvalue weighted by molar-refractivity contribution is -0.385. The molecule has 1 heterocycles. The second kappa shape index (κ2) is 5.96. The molecule has 0 atom stereocenters. The highest BCUT2D eigenvalue weighted by atomic mass is 16.7. The summed E-state index contributed by atoms with van der Waals surface area (Å²) in [4.78, 5) is 10.7. The normalized spacial score (nSPS) is 12.6. The van der Waals surface area contributed by atoms with Gasteiger partial charge in [0.1, 0.15) is 0 Å². The molecule has 0 fully saturated rings. The van der Waals surface area contributed by atoms with E-state index in [2.05, 4.69) is 10.5 Å². The number of hydrogen-bond donors (Lipinski definition) is 1. The highest BCUT2D eigenvalue weighted by molar-refractivity contribution is 5.87. The standard InChI is InChI=1S/C16H15N3O4/c1-10-3-4-13(11(2)5-10)18-17-8-12-6-15-16(23-9-22-15)7-14(12)19(20)21/h3-8,18H,9H2,1-2H3/b17-8+. The molecule has 0 saturated carbocycles. The Morgan fingerprint density at radius 3 is 2.65 bits per heavy atom.